The molecule has 0 saturated heterocycles. The van der Waals surface area contributed by atoms with Gasteiger partial charge in [0.1, 0.15) is 6.61 Å². The second-order valence-corrected chi connectivity index (χ2v) is 4.40. The van der Waals surface area contributed by atoms with Gasteiger partial charge in [0.25, 0.3) is 0 Å². The van der Waals surface area contributed by atoms with E-state index in [0.717, 1.165) is 5.56 Å². The van der Waals surface area contributed by atoms with Crippen molar-refractivity contribution in [3.63, 3.8) is 0 Å². The minimum absolute atomic E-state index is 0.168. The molecule has 0 aliphatic carbocycles. The first-order valence-electron chi connectivity index (χ1n) is 5.18. The van der Waals surface area contributed by atoms with Crippen LogP contribution >= 0.6 is 23.2 Å². The van der Waals surface area contributed by atoms with Crippen LogP contribution in [0.3, 0.4) is 0 Å². The first-order valence-corrected chi connectivity index (χ1v) is 5.93. The molecule has 0 radical (unpaired) electrons. The minimum Gasteiger partial charge on any atom is -0.457 e. The zero-order valence-corrected chi connectivity index (χ0v) is 10.8. The highest BCUT2D eigenvalue weighted by molar-refractivity contribution is 6.33. The molecule has 0 aliphatic heterocycles. The van der Waals surface area contributed by atoms with Crippen LogP contribution in [0.15, 0.2) is 42.7 Å². The standard InChI is InChI=1S/C13H9Cl2NO2/c14-10-3-1-9(2-4-10)8-18-13(17)11-7-16-6-5-12(11)15/h1-7H,8H2. The van der Waals surface area contributed by atoms with Crippen molar-refractivity contribution in [1.82, 2.24) is 4.98 Å². The number of nitrogens with zero attached hydrogens (tertiary/aromatic N) is 1. The molecule has 1 heterocycles. The fourth-order valence-electron chi connectivity index (χ4n) is 1.33. The number of hydrogen-bond acceptors (Lipinski definition) is 3. The fourth-order valence-corrected chi connectivity index (χ4v) is 1.64. The number of halogens is 2. The van der Waals surface area contributed by atoms with Crippen molar-refractivity contribution in [3.8, 4) is 0 Å². The van der Waals surface area contributed by atoms with E-state index in [2.05, 4.69) is 4.98 Å². The molecule has 2 aromatic rings. The summed E-state index contributed by atoms with van der Waals surface area (Å²) < 4.78 is 5.13. The average molecular weight is 282 g/mol. The number of carbonyl (C=O) groups excluding carboxylic acids is 1. The molecule has 0 amide bonds. The molecular formula is C13H9Cl2NO2. The zero-order chi connectivity index (χ0) is 13.0. The molecule has 0 fully saturated rings. The van der Waals surface area contributed by atoms with Gasteiger partial charge in [-0.05, 0) is 23.8 Å². The number of ether oxygens (including phenoxy) is 1. The number of aromatic nitrogens is 1. The Hall–Kier alpha value is -1.58. The summed E-state index contributed by atoms with van der Waals surface area (Å²) in [5.74, 6) is -0.497. The van der Waals surface area contributed by atoms with E-state index in [0.29, 0.717) is 10.0 Å². The number of rotatable bonds is 3. The molecule has 0 bridgehead atoms. The van der Waals surface area contributed by atoms with Crippen LogP contribution in [0.1, 0.15) is 15.9 Å². The molecule has 5 heteroatoms. The predicted molar refractivity (Wildman–Crippen MR) is 69.8 cm³/mol. The van der Waals surface area contributed by atoms with Crippen LogP contribution in [0, 0.1) is 0 Å². The third kappa shape index (κ3) is 3.22. The molecule has 0 N–H and O–H groups in total. The van der Waals surface area contributed by atoms with E-state index in [1.54, 1.807) is 30.3 Å². The van der Waals surface area contributed by atoms with Gasteiger partial charge in [-0.1, -0.05) is 35.3 Å². The van der Waals surface area contributed by atoms with Crippen molar-refractivity contribution in [1.29, 1.82) is 0 Å². The molecule has 1 aromatic heterocycles. The lowest BCUT2D eigenvalue weighted by atomic mass is 10.2. The molecule has 0 saturated carbocycles. The van der Waals surface area contributed by atoms with E-state index in [4.69, 9.17) is 27.9 Å². The lowest BCUT2D eigenvalue weighted by Crippen LogP contribution is -2.06. The summed E-state index contributed by atoms with van der Waals surface area (Å²) in [4.78, 5) is 15.6. The van der Waals surface area contributed by atoms with Crippen LogP contribution in [0.4, 0.5) is 0 Å². The normalized spacial score (nSPS) is 10.1. The molecule has 3 nitrogen and oxygen atoms in total. The van der Waals surface area contributed by atoms with Crippen molar-refractivity contribution < 1.29 is 9.53 Å². The van der Waals surface area contributed by atoms with E-state index in [1.165, 1.54) is 12.4 Å². The van der Waals surface area contributed by atoms with Gasteiger partial charge in [0.2, 0.25) is 0 Å². The van der Waals surface area contributed by atoms with Gasteiger partial charge in [-0.25, -0.2) is 4.79 Å². The SMILES string of the molecule is O=C(OCc1ccc(Cl)cc1)c1cnccc1Cl. The summed E-state index contributed by atoms with van der Waals surface area (Å²) in [6, 6.07) is 8.60. The maximum absolute atomic E-state index is 11.7. The first kappa shape index (κ1) is 12.9. The fraction of sp³-hybridized carbons (Fsp3) is 0.0769. The maximum Gasteiger partial charge on any atom is 0.341 e. The Morgan fingerprint density at radius 2 is 1.89 bits per heavy atom. The molecule has 0 spiro atoms. The van der Waals surface area contributed by atoms with Crippen molar-refractivity contribution >= 4 is 29.2 Å². The lowest BCUT2D eigenvalue weighted by Gasteiger charge is -2.05. The average Bonchev–Trinajstić information content (AvgIpc) is 2.38. The van der Waals surface area contributed by atoms with Crippen LogP contribution in [-0.4, -0.2) is 11.0 Å². The Bertz CT molecular complexity index is 555. The maximum atomic E-state index is 11.7. The summed E-state index contributed by atoms with van der Waals surface area (Å²) in [7, 11) is 0. The highest BCUT2D eigenvalue weighted by Gasteiger charge is 2.11. The molecule has 0 aliphatic rings. The van der Waals surface area contributed by atoms with E-state index in [1.807, 2.05) is 0 Å². The second kappa shape index (κ2) is 5.85. The van der Waals surface area contributed by atoms with E-state index < -0.39 is 5.97 Å². The third-order valence-electron chi connectivity index (χ3n) is 2.27. The van der Waals surface area contributed by atoms with Crippen molar-refractivity contribution in [2.45, 2.75) is 6.61 Å². The Labute approximate surface area is 114 Å². The van der Waals surface area contributed by atoms with Gasteiger partial charge in [0, 0.05) is 17.4 Å². The number of hydrogen-bond donors (Lipinski definition) is 0. The number of benzene rings is 1. The predicted octanol–water partition coefficient (Wildman–Crippen LogP) is 3.75. The largest absolute Gasteiger partial charge is 0.457 e. The summed E-state index contributed by atoms with van der Waals surface area (Å²) in [6.45, 7) is 0.168. The monoisotopic (exact) mass is 281 g/mol. The van der Waals surface area contributed by atoms with Gasteiger partial charge >= 0.3 is 5.97 Å². The first-order chi connectivity index (χ1) is 8.66. The summed E-state index contributed by atoms with van der Waals surface area (Å²) in [5, 5.41) is 0.964. The van der Waals surface area contributed by atoms with E-state index in [-0.39, 0.29) is 12.2 Å². The molecule has 0 atom stereocenters. The minimum atomic E-state index is -0.497. The third-order valence-corrected chi connectivity index (χ3v) is 2.85. The van der Waals surface area contributed by atoms with Crippen molar-refractivity contribution in [3.05, 3.63) is 63.9 Å². The molecular weight excluding hydrogens is 273 g/mol. The molecule has 0 unspecified atom stereocenters. The van der Waals surface area contributed by atoms with E-state index in [9.17, 15) is 4.79 Å². The van der Waals surface area contributed by atoms with Gasteiger partial charge in [0.05, 0.1) is 10.6 Å². The summed E-state index contributed by atoms with van der Waals surface area (Å²) in [6.07, 6.45) is 2.89. The Balaban J connectivity index is 2.01. The molecule has 1 aromatic carbocycles. The van der Waals surface area contributed by atoms with Crippen LogP contribution in [0.25, 0.3) is 0 Å². The molecule has 18 heavy (non-hydrogen) atoms. The Kier molecular flexibility index (Phi) is 4.18. The van der Waals surface area contributed by atoms with Gasteiger partial charge in [-0.3, -0.25) is 4.98 Å². The lowest BCUT2D eigenvalue weighted by molar-refractivity contribution is 0.0472. The number of esters is 1. The Morgan fingerprint density at radius 1 is 1.17 bits per heavy atom. The number of carbonyl (C=O) groups is 1. The topological polar surface area (TPSA) is 39.2 Å². The molecule has 2 rings (SSSR count). The van der Waals surface area contributed by atoms with Crippen LogP contribution in [-0.2, 0) is 11.3 Å². The van der Waals surface area contributed by atoms with Gasteiger partial charge in [-0.15, -0.1) is 0 Å². The van der Waals surface area contributed by atoms with Gasteiger partial charge in [-0.2, -0.15) is 0 Å². The quantitative estimate of drug-likeness (QED) is 0.805. The smallest absolute Gasteiger partial charge is 0.341 e. The van der Waals surface area contributed by atoms with Gasteiger partial charge in [0.15, 0.2) is 0 Å². The van der Waals surface area contributed by atoms with Crippen LogP contribution in [0.2, 0.25) is 10.0 Å². The highest BCUT2D eigenvalue weighted by atomic mass is 35.5. The van der Waals surface area contributed by atoms with Crippen LogP contribution < -0.4 is 0 Å². The Morgan fingerprint density at radius 3 is 2.56 bits per heavy atom. The summed E-state index contributed by atoms with van der Waals surface area (Å²) >= 11 is 11.6. The van der Waals surface area contributed by atoms with E-state index >= 15 is 0 Å². The van der Waals surface area contributed by atoms with Crippen molar-refractivity contribution in [2.24, 2.45) is 0 Å². The van der Waals surface area contributed by atoms with Crippen molar-refractivity contribution in [2.75, 3.05) is 0 Å². The van der Waals surface area contributed by atoms with Gasteiger partial charge < -0.3 is 4.74 Å². The summed E-state index contributed by atoms with van der Waals surface area (Å²) in [5.41, 5.74) is 1.11. The molecule has 92 valence electrons. The second-order valence-electron chi connectivity index (χ2n) is 3.56. The zero-order valence-electron chi connectivity index (χ0n) is 9.27. The number of pyridine rings is 1. The van der Waals surface area contributed by atoms with Crippen LogP contribution in [0.5, 0.6) is 0 Å². The highest BCUT2D eigenvalue weighted by Crippen LogP contribution is 2.16.